The number of rotatable bonds is 2. The first-order chi connectivity index (χ1) is 9.08. The van der Waals surface area contributed by atoms with Crippen LogP contribution in [0, 0.1) is 0 Å². The lowest BCUT2D eigenvalue weighted by Crippen LogP contribution is -2.43. The quantitative estimate of drug-likeness (QED) is 0.877. The molecular weight excluding hydrogens is 266 g/mol. The van der Waals surface area contributed by atoms with Crippen LogP contribution in [0.3, 0.4) is 0 Å². The average Bonchev–Trinajstić information content (AvgIpc) is 2.78. The highest BCUT2D eigenvalue weighted by Crippen LogP contribution is 2.47. The summed E-state index contributed by atoms with van der Waals surface area (Å²) in [7, 11) is 0. The van der Waals surface area contributed by atoms with Crippen LogP contribution in [0.2, 0.25) is 0 Å². The van der Waals surface area contributed by atoms with Gasteiger partial charge in [-0.25, -0.2) is 8.78 Å². The van der Waals surface area contributed by atoms with Gasteiger partial charge in [-0.05, 0) is 12.8 Å². The van der Waals surface area contributed by atoms with E-state index >= 15 is 0 Å². The molecule has 1 saturated carbocycles. The van der Waals surface area contributed by atoms with Gasteiger partial charge in [0.1, 0.15) is 0 Å². The molecule has 1 heterocycles. The van der Waals surface area contributed by atoms with Gasteiger partial charge in [0.25, 0.3) is 0 Å². The maximum absolute atomic E-state index is 13.4. The zero-order valence-corrected chi connectivity index (χ0v) is 12.0. The number of nitrogens with zero attached hydrogens (tertiary/aromatic N) is 1. The van der Waals surface area contributed by atoms with Crippen LogP contribution in [0.1, 0.15) is 57.7 Å². The number of halogens is 2. The molecule has 2 N–H and O–H groups in total. The Morgan fingerprint density at radius 1 is 1.30 bits per heavy atom. The van der Waals surface area contributed by atoms with Crippen LogP contribution in [0.15, 0.2) is 6.20 Å². The number of aromatic nitrogens is 2. The minimum atomic E-state index is -2.76. The van der Waals surface area contributed by atoms with Crippen molar-refractivity contribution in [2.45, 2.75) is 63.2 Å². The number of carboxylic acids is 1. The van der Waals surface area contributed by atoms with Gasteiger partial charge < -0.3 is 5.11 Å². The van der Waals surface area contributed by atoms with E-state index in [2.05, 4.69) is 10.2 Å². The van der Waals surface area contributed by atoms with Crippen LogP contribution in [-0.4, -0.2) is 27.2 Å². The average molecular weight is 286 g/mol. The standard InChI is InChI=1S/C14H20F2N2O2/c1-12(2,3)10-9(8-17-18-10)13(11(19)20)4-6-14(15,16)7-5-13/h8H,4-7H2,1-3H3,(H,17,18)(H,19,20). The summed E-state index contributed by atoms with van der Waals surface area (Å²) in [5.41, 5.74) is -0.302. The van der Waals surface area contributed by atoms with Crippen molar-refractivity contribution in [1.82, 2.24) is 10.2 Å². The third-order valence-corrected chi connectivity index (χ3v) is 4.15. The number of carbonyl (C=O) groups is 1. The summed E-state index contributed by atoms with van der Waals surface area (Å²) in [5.74, 6) is -3.80. The molecular formula is C14H20F2N2O2. The smallest absolute Gasteiger partial charge is 0.314 e. The number of hydrogen-bond acceptors (Lipinski definition) is 2. The highest BCUT2D eigenvalue weighted by atomic mass is 19.3. The van der Waals surface area contributed by atoms with Crippen LogP contribution in [-0.2, 0) is 15.6 Å². The van der Waals surface area contributed by atoms with Crippen molar-refractivity contribution in [3.05, 3.63) is 17.5 Å². The first-order valence-electron chi connectivity index (χ1n) is 6.74. The van der Waals surface area contributed by atoms with Crippen LogP contribution in [0.25, 0.3) is 0 Å². The molecule has 0 spiro atoms. The fourth-order valence-corrected chi connectivity index (χ4v) is 2.86. The molecule has 1 aliphatic rings. The van der Waals surface area contributed by atoms with Crippen molar-refractivity contribution < 1.29 is 18.7 Å². The molecule has 0 unspecified atom stereocenters. The molecule has 2 rings (SSSR count). The third kappa shape index (κ3) is 2.43. The Morgan fingerprint density at radius 3 is 2.30 bits per heavy atom. The fourth-order valence-electron chi connectivity index (χ4n) is 2.86. The Bertz CT molecular complexity index is 507. The largest absolute Gasteiger partial charge is 0.481 e. The normalized spacial score (nSPS) is 21.6. The van der Waals surface area contributed by atoms with Crippen LogP contribution >= 0.6 is 0 Å². The second kappa shape index (κ2) is 4.53. The lowest BCUT2D eigenvalue weighted by Gasteiger charge is -2.38. The zero-order chi connectivity index (χ0) is 15.2. The Balaban J connectivity index is 2.46. The second-order valence-electron chi connectivity index (χ2n) is 6.65. The maximum atomic E-state index is 13.4. The highest BCUT2D eigenvalue weighted by molar-refractivity contribution is 5.82. The van der Waals surface area contributed by atoms with Gasteiger partial charge >= 0.3 is 5.97 Å². The van der Waals surface area contributed by atoms with Gasteiger partial charge in [0, 0.05) is 29.5 Å². The first-order valence-corrected chi connectivity index (χ1v) is 6.74. The monoisotopic (exact) mass is 286 g/mol. The number of alkyl halides is 2. The molecule has 0 radical (unpaired) electrons. The van der Waals surface area contributed by atoms with E-state index in [0.29, 0.717) is 11.3 Å². The Hall–Kier alpha value is -1.46. The van der Waals surface area contributed by atoms with E-state index in [-0.39, 0.29) is 18.3 Å². The molecule has 0 amide bonds. The number of aliphatic carboxylic acids is 1. The van der Waals surface area contributed by atoms with Crippen LogP contribution in [0.5, 0.6) is 0 Å². The van der Waals surface area contributed by atoms with Gasteiger partial charge in [-0.2, -0.15) is 5.10 Å². The van der Waals surface area contributed by atoms with Crippen molar-refractivity contribution in [3.63, 3.8) is 0 Å². The van der Waals surface area contributed by atoms with Gasteiger partial charge in [-0.3, -0.25) is 9.89 Å². The minimum absolute atomic E-state index is 0.0576. The summed E-state index contributed by atoms with van der Waals surface area (Å²) in [5, 5.41) is 16.4. The molecule has 1 aromatic heterocycles. The molecule has 20 heavy (non-hydrogen) atoms. The summed E-state index contributed by atoms with van der Waals surface area (Å²) < 4.78 is 26.7. The number of nitrogens with one attached hydrogen (secondary N) is 1. The molecule has 1 fully saturated rings. The zero-order valence-electron chi connectivity index (χ0n) is 12.0. The van der Waals surface area contributed by atoms with Gasteiger partial charge in [-0.1, -0.05) is 20.8 Å². The molecule has 4 nitrogen and oxygen atoms in total. The van der Waals surface area contributed by atoms with Crippen LogP contribution < -0.4 is 0 Å². The fraction of sp³-hybridized carbons (Fsp3) is 0.714. The Kier molecular flexibility index (Phi) is 3.38. The second-order valence-corrected chi connectivity index (χ2v) is 6.65. The van der Waals surface area contributed by atoms with Crippen molar-refractivity contribution >= 4 is 5.97 Å². The van der Waals surface area contributed by atoms with E-state index in [4.69, 9.17) is 0 Å². The van der Waals surface area contributed by atoms with E-state index in [9.17, 15) is 18.7 Å². The van der Waals surface area contributed by atoms with Gasteiger partial charge in [0.15, 0.2) is 0 Å². The van der Waals surface area contributed by atoms with Gasteiger partial charge in [0.05, 0.1) is 11.6 Å². The number of H-pyrrole nitrogens is 1. The summed E-state index contributed by atoms with van der Waals surface area (Å²) in [6.45, 7) is 5.82. The predicted octanol–water partition coefficient (Wildman–Crippen LogP) is 3.24. The Morgan fingerprint density at radius 2 is 1.85 bits per heavy atom. The first kappa shape index (κ1) is 14.9. The summed E-state index contributed by atoms with van der Waals surface area (Å²) in [6.07, 6.45) is 0.580. The van der Waals surface area contributed by atoms with E-state index in [1.807, 2.05) is 20.8 Å². The third-order valence-electron chi connectivity index (χ3n) is 4.15. The van der Waals surface area contributed by atoms with Gasteiger partial charge in [0.2, 0.25) is 5.92 Å². The van der Waals surface area contributed by atoms with E-state index < -0.39 is 30.1 Å². The van der Waals surface area contributed by atoms with Crippen molar-refractivity contribution in [2.24, 2.45) is 0 Å². The molecule has 112 valence electrons. The topological polar surface area (TPSA) is 66.0 Å². The van der Waals surface area contributed by atoms with E-state index in [0.717, 1.165) is 0 Å². The summed E-state index contributed by atoms with van der Waals surface area (Å²) in [4.78, 5) is 11.8. The SMILES string of the molecule is CC(C)(C)c1[nH]ncc1C1(C(=O)O)CCC(F)(F)CC1. The molecule has 6 heteroatoms. The molecule has 0 atom stereocenters. The summed E-state index contributed by atoms with van der Waals surface area (Å²) >= 11 is 0. The molecule has 0 aromatic carbocycles. The highest BCUT2D eigenvalue weighted by Gasteiger charge is 2.51. The molecule has 1 aromatic rings. The molecule has 0 aliphatic heterocycles. The van der Waals surface area contributed by atoms with Crippen LogP contribution in [0.4, 0.5) is 8.78 Å². The van der Waals surface area contributed by atoms with Crippen molar-refractivity contribution in [1.29, 1.82) is 0 Å². The van der Waals surface area contributed by atoms with E-state index in [1.54, 1.807) is 0 Å². The number of aromatic amines is 1. The lowest BCUT2D eigenvalue weighted by molar-refractivity contribution is -0.149. The van der Waals surface area contributed by atoms with Gasteiger partial charge in [-0.15, -0.1) is 0 Å². The molecule has 1 aliphatic carbocycles. The molecule has 0 bridgehead atoms. The Labute approximate surface area is 116 Å². The maximum Gasteiger partial charge on any atom is 0.314 e. The molecule has 0 saturated heterocycles. The van der Waals surface area contributed by atoms with Crippen molar-refractivity contribution in [3.8, 4) is 0 Å². The summed E-state index contributed by atoms with van der Waals surface area (Å²) in [6, 6.07) is 0. The minimum Gasteiger partial charge on any atom is -0.481 e. The lowest BCUT2D eigenvalue weighted by atomic mass is 9.66. The predicted molar refractivity (Wildman–Crippen MR) is 70.0 cm³/mol. The van der Waals surface area contributed by atoms with E-state index in [1.165, 1.54) is 6.20 Å². The number of carboxylic acid groups (broad SMARTS) is 1. The number of hydrogen-bond donors (Lipinski definition) is 2. The van der Waals surface area contributed by atoms with Crippen molar-refractivity contribution in [2.75, 3.05) is 0 Å².